The van der Waals surface area contributed by atoms with Gasteiger partial charge in [0.05, 0.1) is 4.90 Å². The Morgan fingerprint density at radius 3 is 1.82 bits per heavy atom. The van der Waals surface area contributed by atoms with Crippen LogP contribution in [0.15, 0.2) is 23.1 Å². The zero-order chi connectivity index (χ0) is 13.5. The molecule has 2 N–H and O–H groups in total. The van der Waals surface area contributed by atoms with Crippen LogP contribution in [0.3, 0.4) is 0 Å². The first-order chi connectivity index (χ1) is 7.37. The first-order valence-corrected chi connectivity index (χ1v) is 6.10. The highest BCUT2D eigenvalue weighted by atomic mass is 32.3. The maximum atomic E-state index is 12.7. The Morgan fingerprint density at radius 1 is 1.06 bits per heavy atom. The Labute approximate surface area is 92.3 Å². The molecular formula is C8H7F5O3S. The third-order valence-corrected chi connectivity index (χ3v) is 3.76. The van der Waals surface area contributed by atoms with E-state index in [0.29, 0.717) is 6.07 Å². The molecule has 0 heterocycles. The highest BCUT2D eigenvalue weighted by Crippen LogP contribution is 2.35. The number of hydrogen-bond donors (Lipinski definition) is 2. The summed E-state index contributed by atoms with van der Waals surface area (Å²) < 4.78 is 90.9. The second-order valence-electron chi connectivity index (χ2n) is 3.38. The third-order valence-electron chi connectivity index (χ3n) is 1.73. The summed E-state index contributed by atoms with van der Waals surface area (Å²) in [7, 11) is -6.34. The van der Waals surface area contributed by atoms with Crippen LogP contribution in [0.4, 0.5) is 22.0 Å². The van der Waals surface area contributed by atoms with Crippen LogP contribution in [0.2, 0.25) is 0 Å². The summed E-state index contributed by atoms with van der Waals surface area (Å²) in [5, 5.41) is 0. The maximum Gasteiger partial charge on any atom is 0.403 e. The van der Waals surface area contributed by atoms with Gasteiger partial charge in [-0.25, -0.2) is 13.0 Å². The van der Waals surface area contributed by atoms with Gasteiger partial charge in [-0.15, -0.1) is 0 Å². The van der Waals surface area contributed by atoms with Crippen LogP contribution in [0.25, 0.3) is 0 Å². The van der Waals surface area contributed by atoms with E-state index in [1.54, 1.807) is 0 Å². The van der Waals surface area contributed by atoms with Crippen molar-refractivity contribution < 1.29 is 35.3 Å². The number of alkyl halides is 3. The standard InChI is InChI=1S/C8H7F5O3S/c9-5-1-6(10)3-7(2-5)17(14,15,16)4-8(11,12)13/h1-3H,4H2,(H2,14,15,16). The van der Waals surface area contributed by atoms with Gasteiger partial charge in [-0.3, -0.25) is 0 Å². The summed E-state index contributed by atoms with van der Waals surface area (Å²) in [5.41, 5.74) is 0. The lowest BCUT2D eigenvalue weighted by Crippen LogP contribution is -2.42. The Hall–Kier alpha value is -1.06. The molecule has 98 valence electrons. The van der Waals surface area contributed by atoms with Crippen LogP contribution in [-0.2, 0) is 9.63 Å². The van der Waals surface area contributed by atoms with Crippen LogP contribution in [0.5, 0.6) is 0 Å². The lowest BCUT2D eigenvalue weighted by atomic mass is 10.3. The highest BCUT2D eigenvalue weighted by Gasteiger charge is 2.46. The number of benzene rings is 1. The minimum absolute atomic E-state index is 0.170. The molecule has 17 heavy (non-hydrogen) atoms. The van der Waals surface area contributed by atoms with Gasteiger partial charge in [0.15, 0.2) is 0 Å². The Bertz CT molecular complexity index is 484. The van der Waals surface area contributed by atoms with Gasteiger partial charge in [0.2, 0.25) is 0 Å². The molecule has 0 amide bonds. The number of rotatable bonds is 2. The zero-order valence-electron chi connectivity index (χ0n) is 8.04. The molecule has 0 atom stereocenters. The van der Waals surface area contributed by atoms with Crippen LogP contribution in [-0.4, -0.2) is 25.2 Å². The van der Waals surface area contributed by atoms with Crippen molar-refractivity contribution in [3.05, 3.63) is 29.8 Å². The molecule has 0 saturated heterocycles. The van der Waals surface area contributed by atoms with Crippen molar-refractivity contribution in [1.82, 2.24) is 0 Å². The quantitative estimate of drug-likeness (QED) is 0.818. The SMILES string of the molecule is O=S(O)(O)(CC(F)(F)F)c1cc(F)cc(F)c1. The normalized spacial score (nSPS) is 15.4. The number of hydrogen-bond acceptors (Lipinski definition) is 1. The van der Waals surface area contributed by atoms with Crippen molar-refractivity contribution in [2.75, 3.05) is 5.75 Å². The van der Waals surface area contributed by atoms with Gasteiger partial charge >= 0.3 is 6.18 Å². The van der Waals surface area contributed by atoms with Crippen molar-refractivity contribution in [2.24, 2.45) is 0 Å². The largest absolute Gasteiger partial charge is 0.403 e. The first kappa shape index (κ1) is 14.0. The van der Waals surface area contributed by atoms with Crippen molar-refractivity contribution in [3.63, 3.8) is 0 Å². The Morgan fingerprint density at radius 2 is 1.47 bits per heavy atom. The average molecular weight is 278 g/mol. The fourth-order valence-corrected chi connectivity index (χ4v) is 2.60. The van der Waals surface area contributed by atoms with E-state index in [1.807, 2.05) is 0 Å². The van der Waals surface area contributed by atoms with Crippen molar-refractivity contribution in [3.8, 4) is 0 Å². The minimum Gasteiger partial charge on any atom is -0.304 e. The molecule has 0 aliphatic heterocycles. The second kappa shape index (κ2) is 3.72. The average Bonchev–Trinajstić information content (AvgIpc) is 1.95. The Kier molecular flexibility index (Phi) is 3.06. The molecule has 0 spiro atoms. The van der Waals surface area contributed by atoms with Crippen molar-refractivity contribution in [1.29, 1.82) is 0 Å². The monoisotopic (exact) mass is 278 g/mol. The summed E-state index contributed by atoms with van der Waals surface area (Å²) in [6.07, 6.45) is -5.17. The van der Waals surface area contributed by atoms with Crippen LogP contribution in [0.1, 0.15) is 0 Å². The molecule has 1 aromatic carbocycles. The predicted molar refractivity (Wildman–Crippen MR) is 48.9 cm³/mol. The molecule has 1 aromatic rings. The zero-order valence-corrected chi connectivity index (χ0v) is 8.86. The van der Waals surface area contributed by atoms with E-state index < -0.39 is 38.1 Å². The predicted octanol–water partition coefficient (Wildman–Crippen LogP) is 2.65. The van der Waals surface area contributed by atoms with E-state index in [9.17, 15) is 26.2 Å². The fraction of sp³-hybridized carbons (Fsp3) is 0.250. The fourth-order valence-electron chi connectivity index (χ4n) is 1.14. The molecule has 0 aromatic heterocycles. The van der Waals surface area contributed by atoms with Gasteiger partial charge in [0.25, 0.3) is 0 Å². The summed E-state index contributed by atoms with van der Waals surface area (Å²) in [6.45, 7) is 0. The molecular weight excluding hydrogens is 271 g/mol. The highest BCUT2D eigenvalue weighted by molar-refractivity contribution is 8.10. The van der Waals surface area contributed by atoms with Gasteiger partial charge < -0.3 is 9.11 Å². The molecule has 1 rings (SSSR count). The molecule has 3 nitrogen and oxygen atoms in total. The van der Waals surface area contributed by atoms with E-state index in [1.165, 1.54) is 0 Å². The van der Waals surface area contributed by atoms with Crippen molar-refractivity contribution in [2.45, 2.75) is 11.1 Å². The topological polar surface area (TPSA) is 57.5 Å². The summed E-state index contributed by atoms with van der Waals surface area (Å²) in [5.74, 6) is -5.24. The van der Waals surface area contributed by atoms with Gasteiger partial charge in [0, 0.05) is 6.07 Å². The summed E-state index contributed by atoms with van der Waals surface area (Å²) >= 11 is 0. The lowest BCUT2D eigenvalue weighted by Gasteiger charge is -2.31. The van der Waals surface area contributed by atoms with Crippen LogP contribution in [0, 0.1) is 11.6 Å². The molecule has 0 bridgehead atoms. The molecule has 0 radical (unpaired) electrons. The van der Waals surface area contributed by atoms with Crippen LogP contribution >= 0.6 is 0 Å². The minimum atomic E-state index is -6.34. The molecule has 0 saturated carbocycles. The molecule has 9 heteroatoms. The van der Waals surface area contributed by atoms with Gasteiger partial charge in [-0.05, 0) is 12.1 Å². The number of halogens is 5. The van der Waals surface area contributed by atoms with Gasteiger partial charge in [-0.2, -0.15) is 13.2 Å². The van der Waals surface area contributed by atoms with Crippen LogP contribution < -0.4 is 0 Å². The summed E-state index contributed by atoms with van der Waals surface area (Å²) in [6, 6.07) is 0.632. The van der Waals surface area contributed by atoms with E-state index in [0.717, 1.165) is 0 Å². The van der Waals surface area contributed by atoms with Gasteiger partial charge in [0.1, 0.15) is 27.0 Å². The van der Waals surface area contributed by atoms with E-state index in [-0.39, 0.29) is 12.1 Å². The molecule has 0 fully saturated rings. The maximum absolute atomic E-state index is 12.7. The molecule has 0 aliphatic rings. The van der Waals surface area contributed by atoms with E-state index in [2.05, 4.69) is 0 Å². The Balaban J connectivity index is 3.33. The molecule has 0 aliphatic carbocycles. The van der Waals surface area contributed by atoms with Crippen molar-refractivity contribution >= 4 is 9.63 Å². The molecule has 0 unspecified atom stereocenters. The van der Waals surface area contributed by atoms with E-state index in [4.69, 9.17) is 9.11 Å². The van der Waals surface area contributed by atoms with Gasteiger partial charge in [-0.1, -0.05) is 0 Å². The second-order valence-corrected chi connectivity index (χ2v) is 6.18. The first-order valence-electron chi connectivity index (χ1n) is 4.06. The van der Waals surface area contributed by atoms with E-state index >= 15 is 0 Å². The summed E-state index contributed by atoms with van der Waals surface area (Å²) in [4.78, 5) is -1.35. The third kappa shape index (κ3) is 3.72. The lowest BCUT2D eigenvalue weighted by molar-refractivity contribution is -0.108. The smallest absolute Gasteiger partial charge is 0.304 e.